The Labute approximate surface area is 130 Å². The van der Waals surface area contributed by atoms with Gasteiger partial charge in [-0.2, -0.15) is 5.26 Å². The van der Waals surface area contributed by atoms with Gasteiger partial charge in [-0.15, -0.1) is 0 Å². The number of nitriles is 1. The smallest absolute Gasteiger partial charge is 0.241 e. The molecule has 1 N–H and O–H groups in total. The summed E-state index contributed by atoms with van der Waals surface area (Å²) in [7, 11) is 1.87. The third kappa shape index (κ3) is 3.96. The third-order valence-electron chi connectivity index (χ3n) is 3.50. The van der Waals surface area contributed by atoms with Crippen LogP contribution < -0.4 is 5.32 Å². The second-order valence-electron chi connectivity index (χ2n) is 5.29. The fraction of sp³-hybridized carbons (Fsp3) is 0.294. The minimum Gasteiger partial charge on any atom is -0.465 e. The van der Waals surface area contributed by atoms with E-state index in [4.69, 9.17) is 9.68 Å². The van der Waals surface area contributed by atoms with Crippen molar-refractivity contribution >= 4 is 11.6 Å². The van der Waals surface area contributed by atoms with Crippen LogP contribution in [0.2, 0.25) is 0 Å². The van der Waals surface area contributed by atoms with E-state index in [1.807, 2.05) is 37.9 Å². The van der Waals surface area contributed by atoms with Crippen molar-refractivity contribution in [1.82, 2.24) is 4.90 Å². The fourth-order valence-electron chi connectivity index (χ4n) is 2.07. The van der Waals surface area contributed by atoms with Gasteiger partial charge in [-0.05, 0) is 51.2 Å². The topological polar surface area (TPSA) is 69.3 Å². The highest BCUT2D eigenvalue weighted by molar-refractivity contribution is 5.94. The number of hydrogen-bond donors (Lipinski definition) is 1. The van der Waals surface area contributed by atoms with Gasteiger partial charge in [-0.25, -0.2) is 0 Å². The van der Waals surface area contributed by atoms with Crippen molar-refractivity contribution in [3.05, 3.63) is 53.5 Å². The summed E-state index contributed by atoms with van der Waals surface area (Å²) in [4.78, 5) is 14.2. The molecule has 114 valence electrons. The molecule has 0 unspecified atom stereocenters. The molecule has 1 amide bonds. The third-order valence-corrected chi connectivity index (χ3v) is 3.50. The maximum atomic E-state index is 12.3. The number of hydrogen-bond acceptors (Lipinski definition) is 4. The van der Waals surface area contributed by atoms with E-state index in [0.29, 0.717) is 17.8 Å². The van der Waals surface area contributed by atoms with Crippen LogP contribution in [0.25, 0.3) is 0 Å². The first-order chi connectivity index (χ1) is 10.5. The summed E-state index contributed by atoms with van der Waals surface area (Å²) >= 11 is 0. The number of nitrogens with zero attached hydrogens (tertiary/aromatic N) is 2. The van der Waals surface area contributed by atoms with Crippen LogP contribution >= 0.6 is 0 Å². The lowest BCUT2D eigenvalue weighted by molar-refractivity contribution is -0.120. The summed E-state index contributed by atoms with van der Waals surface area (Å²) in [6.07, 6.45) is 0. The van der Waals surface area contributed by atoms with Gasteiger partial charge in [0.1, 0.15) is 11.5 Å². The van der Waals surface area contributed by atoms with Crippen LogP contribution in [0, 0.1) is 18.3 Å². The number of likely N-dealkylation sites (N-methyl/N-ethyl adjacent to an activating group) is 1. The summed E-state index contributed by atoms with van der Waals surface area (Å²) < 4.78 is 5.52. The number of rotatable bonds is 5. The van der Waals surface area contributed by atoms with E-state index in [-0.39, 0.29) is 11.9 Å². The second kappa shape index (κ2) is 6.92. The minimum atomic E-state index is -0.323. The number of amides is 1. The number of nitrogens with one attached hydrogen (secondary N) is 1. The van der Waals surface area contributed by atoms with E-state index in [1.54, 1.807) is 24.3 Å². The molecule has 0 saturated heterocycles. The zero-order valence-corrected chi connectivity index (χ0v) is 13.0. The van der Waals surface area contributed by atoms with Crippen molar-refractivity contribution in [3.8, 4) is 6.07 Å². The standard InChI is InChI=1S/C17H19N3O2/c1-12-7-8-16(22-12)11-20(3)13(2)17(21)19-15-6-4-5-14(9-15)10-18/h4-9,13H,11H2,1-3H3,(H,19,21)/t13-/m1/s1. The molecule has 0 radical (unpaired) electrons. The number of carbonyl (C=O) groups is 1. The van der Waals surface area contributed by atoms with Crippen LogP contribution in [0.3, 0.4) is 0 Å². The van der Waals surface area contributed by atoms with Crippen molar-refractivity contribution in [2.45, 2.75) is 26.4 Å². The van der Waals surface area contributed by atoms with E-state index in [1.165, 1.54) is 0 Å². The molecule has 1 atom stereocenters. The van der Waals surface area contributed by atoms with Crippen molar-refractivity contribution in [1.29, 1.82) is 5.26 Å². The highest BCUT2D eigenvalue weighted by atomic mass is 16.3. The molecule has 0 aliphatic heterocycles. The lowest BCUT2D eigenvalue weighted by atomic mass is 10.2. The Morgan fingerprint density at radius 1 is 1.41 bits per heavy atom. The molecular formula is C17H19N3O2. The molecule has 1 heterocycles. The Bertz CT molecular complexity index is 700. The largest absolute Gasteiger partial charge is 0.465 e. The summed E-state index contributed by atoms with van der Waals surface area (Å²) in [6.45, 7) is 4.28. The van der Waals surface area contributed by atoms with Crippen LogP contribution in [0.15, 0.2) is 40.8 Å². The Hall–Kier alpha value is -2.58. The molecule has 0 spiro atoms. The normalized spacial score (nSPS) is 12.0. The van der Waals surface area contributed by atoms with Crippen molar-refractivity contribution < 1.29 is 9.21 Å². The molecule has 5 nitrogen and oxygen atoms in total. The molecule has 2 aromatic rings. The molecule has 1 aromatic carbocycles. The van der Waals surface area contributed by atoms with Crippen molar-refractivity contribution in [2.24, 2.45) is 0 Å². The summed E-state index contributed by atoms with van der Waals surface area (Å²) in [5.41, 5.74) is 1.14. The Morgan fingerprint density at radius 3 is 2.82 bits per heavy atom. The molecular weight excluding hydrogens is 278 g/mol. The maximum absolute atomic E-state index is 12.3. The fourth-order valence-corrected chi connectivity index (χ4v) is 2.07. The van der Waals surface area contributed by atoms with Crippen LogP contribution in [0.5, 0.6) is 0 Å². The lowest BCUT2D eigenvalue weighted by Gasteiger charge is -2.22. The van der Waals surface area contributed by atoms with E-state index >= 15 is 0 Å². The van der Waals surface area contributed by atoms with E-state index in [9.17, 15) is 4.79 Å². The average Bonchev–Trinajstić information content (AvgIpc) is 2.91. The Kier molecular flexibility index (Phi) is 4.97. The molecule has 0 bridgehead atoms. The zero-order valence-electron chi connectivity index (χ0n) is 13.0. The summed E-state index contributed by atoms with van der Waals surface area (Å²) in [6, 6.07) is 12.4. The van der Waals surface area contributed by atoms with Gasteiger partial charge >= 0.3 is 0 Å². The lowest BCUT2D eigenvalue weighted by Crippen LogP contribution is -2.39. The SMILES string of the molecule is Cc1ccc(CN(C)[C@H](C)C(=O)Nc2cccc(C#N)c2)o1. The van der Waals surface area contributed by atoms with Gasteiger partial charge in [0.05, 0.1) is 24.2 Å². The molecule has 5 heteroatoms. The number of carbonyl (C=O) groups excluding carboxylic acids is 1. The predicted octanol–water partition coefficient (Wildman–Crippen LogP) is 2.92. The second-order valence-corrected chi connectivity index (χ2v) is 5.29. The molecule has 0 fully saturated rings. The van der Waals surface area contributed by atoms with Gasteiger partial charge < -0.3 is 9.73 Å². The number of anilines is 1. The van der Waals surface area contributed by atoms with Gasteiger partial charge in [0.15, 0.2) is 0 Å². The molecule has 2 rings (SSSR count). The van der Waals surface area contributed by atoms with Crippen LogP contribution in [-0.2, 0) is 11.3 Å². The highest BCUT2D eigenvalue weighted by Crippen LogP contribution is 2.13. The van der Waals surface area contributed by atoms with Crippen LogP contribution in [0.4, 0.5) is 5.69 Å². The highest BCUT2D eigenvalue weighted by Gasteiger charge is 2.19. The minimum absolute atomic E-state index is 0.124. The zero-order chi connectivity index (χ0) is 16.1. The molecule has 0 saturated carbocycles. The van der Waals surface area contributed by atoms with E-state index in [2.05, 4.69) is 11.4 Å². The van der Waals surface area contributed by atoms with Crippen LogP contribution in [0.1, 0.15) is 24.0 Å². The monoisotopic (exact) mass is 297 g/mol. The first kappa shape index (κ1) is 15.8. The first-order valence-corrected chi connectivity index (χ1v) is 7.06. The number of benzene rings is 1. The number of aryl methyl sites for hydroxylation is 1. The van der Waals surface area contributed by atoms with Crippen molar-refractivity contribution in [2.75, 3.05) is 12.4 Å². The summed E-state index contributed by atoms with van der Waals surface area (Å²) in [5.74, 6) is 1.56. The molecule has 0 aliphatic carbocycles. The first-order valence-electron chi connectivity index (χ1n) is 7.06. The maximum Gasteiger partial charge on any atom is 0.241 e. The number of furan rings is 1. The van der Waals surface area contributed by atoms with Gasteiger partial charge in [-0.1, -0.05) is 6.07 Å². The average molecular weight is 297 g/mol. The quantitative estimate of drug-likeness (QED) is 0.921. The van der Waals surface area contributed by atoms with E-state index < -0.39 is 0 Å². The van der Waals surface area contributed by atoms with Crippen LogP contribution in [-0.4, -0.2) is 23.9 Å². The molecule has 0 aliphatic rings. The van der Waals surface area contributed by atoms with Gasteiger partial charge in [0.2, 0.25) is 5.91 Å². The van der Waals surface area contributed by atoms with Gasteiger partial charge in [-0.3, -0.25) is 9.69 Å². The van der Waals surface area contributed by atoms with Gasteiger partial charge in [0, 0.05) is 5.69 Å². The Balaban J connectivity index is 1.97. The summed E-state index contributed by atoms with van der Waals surface area (Å²) in [5, 5.41) is 11.7. The van der Waals surface area contributed by atoms with Gasteiger partial charge in [0.25, 0.3) is 0 Å². The molecule has 1 aromatic heterocycles. The predicted molar refractivity (Wildman–Crippen MR) is 84.2 cm³/mol. The van der Waals surface area contributed by atoms with Crippen molar-refractivity contribution in [3.63, 3.8) is 0 Å². The Morgan fingerprint density at radius 2 is 2.18 bits per heavy atom. The molecule has 22 heavy (non-hydrogen) atoms. The van der Waals surface area contributed by atoms with E-state index in [0.717, 1.165) is 11.5 Å².